The summed E-state index contributed by atoms with van der Waals surface area (Å²) in [6.45, 7) is 0. The number of halogens is 1. The fourth-order valence-corrected chi connectivity index (χ4v) is 3.24. The van der Waals surface area contributed by atoms with Crippen molar-refractivity contribution in [1.29, 1.82) is 0 Å². The molecule has 0 aliphatic rings. The van der Waals surface area contributed by atoms with Crippen molar-refractivity contribution < 1.29 is 0 Å². The molecule has 3 rings (SSSR count). The van der Waals surface area contributed by atoms with Crippen molar-refractivity contribution >= 4 is 51.4 Å². The number of thioether (sulfide) groups is 1. The Labute approximate surface area is 173 Å². The van der Waals surface area contributed by atoms with E-state index in [4.69, 9.17) is 23.8 Å². The monoisotopic (exact) mass is 411 g/mol. The van der Waals surface area contributed by atoms with Crippen LogP contribution >= 0.6 is 35.6 Å². The van der Waals surface area contributed by atoms with Gasteiger partial charge in [-0.15, -0.1) is 0 Å². The van der Waals surface area contributed by atoms with E-state index in [1.54, 1.807) is 11.8 Å². The lowest BCUT2D eigenvalue weighted by Crippen LogP contribution is -2.40. The summed E-state index contributed by atoms with van der Waals surface area (Å²) in [7, 11) is 0. The number of nitrogens with zero attached hydrogens (tertiary/aromatic N) is 1. The summed E-state index contributed by atoms with van der Waals surface area (Å²) in [5, 5.41) is 0.680. The zero-order valence-electron chi connectivity index (χ0n) is 14.4. The molecule has 136 valence electrons. The summed E-state index contributed by atoms with van der Waals surface area (Å²) in [4.78, 5) is 4.68. The van der Waals surface area contributed by atoms with Crippen molar-refractivity contribution in [3.05, 3.63) is 101 Å². The van der Waals surface area contributed by atoms with Gasteiger partial charge in [-0.05, 0) is 29.8 Å². The molecule has 6 heteroatoms. The fourth-order valence-electron chi connectivity index (χ4n) is 2.27. The molecule has 0 saturated carbocycles. The Morgan fingerprint density at radius 1 is 0.852 bits per heavy atom. The van der Waals surface area contributed by atoms with Crippen LogP contribution in [0.4, 0.5) is 5.69 Å². The summed E-state index contributed by atoms with van der Waals surface area (Å²) in [5.41, 5.74) is 9.19. The average molecular weight is 412 g/mol. The van der Waals surface area contributed by atoms with Crippen LogP contribution in [0.2, 0.25) is 5.02 Å². The van der Waals surface area contributed by atoms with Gasteiger partial charge in [-0.25, -0.2) is 4.99 Å². The lowest BCUT2D eigenvalue weighted by atomic mass is 10.2. The van der Waals surface area contributed by atoms with Gasteiger partial charge in [0.05, 0.1) is 5.69 Å². The van der Waals surface area contributed by atoms with Crippen molar-refractivity contribution in [2.75, 3.05) is 0 Å². The first-order valence-corrected chi connectivity index (χ1v) is 10.1. The molecule has 3 aromatic rings. The minimum Gasteiger partial charge on any atom is -0.284 e. The quantitative estimate of drug-likeness (QED) is 0.249. The second kappa shape index (κ2) is 10.1. The maximum absolute atomic E-state index is 5.96. The standard InChI is InChI=1S/C21H18ClN3S2/c22-18-11-13-19(14-12-18)23-20(17-9-5-2-6-10-17)24-25-21(26)27-15-16-7-3-1-4-8-16/h1-14H,15H2,(H,23,24)(H,25,26). The molecule has 0 radical (unpaired) electrons. The van der Waals surface area contributed by atoms with E-state index in [9.17, 15) is 0 Å². The summed E-state index contributed by atoms with van der Waals surface area (Å²) < 4.78 is 0.651. The van der Waals surface area contributed by atoms with E-state index in [-0.39, 0.29) is 0 Å². The number of amidine groups is 1. The molecule has 0 aromatic heterocycles. The average Bonchev–Trinajstić information content (AvgIpc) is 2.72. The van der Waals surface area contributed by atoms with Crippen LogP contribution in [0.3, 0.4) is 0 Å². The predicted molar refractivity (Wildman–Crippen MR) is 121 cm³/mol. The molecule has 0 unspecified atom stereocenters. The van der Waals surface area contributed by atoms with Crippen LogP contribution < -0.4 is 10.9 Å². The number of hydrazine groups is 1. The van der Waals surface area contributed by atoms with E-state index < -0.39 is 0 Å². The molecule has 3 aromatic carbocycles. The number of rotatable bonds is 4. The topological polar surface area (TPSA) is 36.4 Å². The first-order chi connectivity index (χ1) is 13.2. The van der Waals surface area contributed by atoms with Gasteiger partial charge < -0.3 is 0 Å². The highest BCUT2D eigenvalue weighted by Crippen LogP contribution is 2.17. The molecule has 0 aliphatic carbocycles. The van der Waals surface area contributed by atoms with Crippen LogP contribution in [0.5, 0.6) is 0 Å². The molecular formula is C21H18ClN3S2. The molecule has 0 aliphatic heterocycles. The third-order valence-electron chi connectivity index (χ3n) is 3.61. The first kappa shape index (κ1) is 19.4. The van der Waals surface area contributed by atoms with E-state index in [0.717, 1.165) is 17.0 Å². The Morgan fingerprint density at radius 2 is 1.48 bits per heavy atom. The fraction of sp³-hybridized carbons (Fsp3) is 0.0476. The van der Waals surface area contributed by atoms with Crippen LogP contribution in [0.15, 0.2) is 89.9 Å². The Bertz CT molecular complexity index is 898. The highest BCUT2D eigenvalue weighted by atomic mass is 35.5. The molecule has 0 amide bonds. The third-order valence-corrected chi connectivity index (χ3v) is 5.16. The van der Waals surface area contributed by atoms with Crippen LogP contribution in [-0.4, -0.2) is 10.2 Å². The van der Waals surface area contributed by atoms with Gasteiger partial charge in [0, 0.05) is 16.3 Å². The Balaban J connectivity index is 1.66. The zero-order chi connectivity index (χ0) is 18.9. The van der Waals surface area contributed by atoms with E-state index in [1.165, 1.54) is 5.56 Å². The van der Waals surface area contributed by atoms with Crippen LogP contribution in [0, 0.1) is 0 Å². The SMILES string of the molecule is S=C(NNC(=Nc1ccc(Cl)cc1)c1ccccc1)SCc1ccccc1. The Morgan fingerprint density at radius 3 is 2.15 bits per heavy atom. The molecular weight excluding hydrogens is 394 g/mol. The second-order valence-corrected chi connectivity index (χ2v) is 7.70. The van der Waals surface area contributed by atoms with Gasteiger partial charge in [0.2, 0.25) is 0 Å². The summed E-state index contributed by atoms with van der Waals surface area (Å²) >= 11 is 12.9. The molecule has 27 heavy (non-hydrogen) atoms. The van der Waals surface area contributed by atoms with Crippen molar-refractivity contribution in [2.45, 2.75) is 5.75 Å². The highest BCUT2D eigenvalue weighted by Gasteiger charge is 2.05. The first-order valence-electron chi connectivity index (χ1n) is 8.33. The normalized spacial score (nSPS) is 11.1. The molecule has 0 atom stereocenters. The van der Waals surface area contributed by atoms with Crippen molar-refractivity contribution in [3.8, 4) is 0 Å². The zero-order valence-corrected chi connectivity index (χ0v) is 16.8. The number of hydrogen-bond acceptors (Lipinski definition) is 3. The summed E-state index contributed by atoms with van der Waals surface area (Å²) in [5.74, 6) is 1.49. The largest absolute Gasteiger partial charge is 0.284 e. The Hall–Kier alpha value is -2.34. The molecule has 0 spiro atoms. The van der Waals surface area contributed by atoms with Gasteiger partial charge in [0.1, 0.15) is 0 Å². The molecule has 0 saturated heterocycles. The van der Waals surface area contributed by atoms with Gasteiger partial charge in [-0.1, -0.05) is 96.2 Å². The minimum atomic E-state index is 0.651. The van der Waals surface area contributed by atoms with Crippen molar-refractivity contribution in [3.63, 3.8) is 0 Å². The van der Waals surface area contributed by atoms with Crippen molar-refractivity contribution in [2.24, 2.45) is 4.99 Å². The van der Waals surface area contributed by atoms with Gasteiger partial charge in [-0.3, -0.25) is 10.9 Å². The van der Waals surface area contributed by atoms with Crippen LogP contribution in [0.25, 0.3) is 0 Å². The Kier molecular flexibility index (Phi) is 7.27. The van der Waals surface area contributed by atoms with E-state index in [1.807, 2.05) is 72.8 Å². The molecule has 0 fully saturated rings. The highest BCUT2D eigenvalue weighted by molar-refractivity contribution is 8.22. The lowest BCUT2D eigenvalue weighted by molar-refractivity contribution is 0.887. The molecule has 3 nitrogen and oxygen atoms in total. The number of benzene rings is 3. The third kappa shape index (κ3) is 6.40. The van der Waals surface area contributed by atoms with E-state index in [2.05, 4.69) is 28.0 Å². The maximum Gasteiger partial charge on any atom is 0.152 e. The summed E-state index contributed by atoms with van der Waals surface area (Å²) in [6.07, 6.45) is 0. The molecule has 0 bridgehead atoms. The van der Waals surface area contributed by atoms with E-state index in [0.29, 0.717) is 15.2 Å². The van der Waals surface area contributed by atoms with Gasteiger partial charge in [0.25, 0.3) is 0 Å². The minimum absolute atomic E-state index is 0.651. The second-order valence-electron chi connectivity index (χ2n) is 5.61. The maximum atomic E-state index is 5.96. The number of aliphatic imine (C=N–C) groups is 1. The van der Waals surface area contributed by atoms with Crippen LogP contribution in [-0.2, 0) is 5.75 Å². The van der Waals surface area contributed by atoms with E-state index >= 15 is 0 Å². The smallest absolute Gasteiger partial charge is 0.152 e. The molecule has 0 heterocycles. The predicted octanol–water partition coefficient (Wildman–Crippen LogP) is 5.73. The molecule has 2 N–H and O–H groups in total. The van der Waals surface area contributed by atoms with Gasteiger partial charge in [-0.2, -0.15) is 0 Å². The number of thiocarbonyl (C=S) groups is 1. The number of hydrogen-bond donors (Lipinski definition) is 2. The van der Waals surface area contributed by atoms with Crippen LogP contribution in [0.1, 0.15) is 11.1 Å². The van der Waals surface area contributed by atoms with Gasteiger partial charge >= 0.3 is 0 Å². The summed E-state index contributed by atoms with van der Waals surface area (Å²) in [6, 6.07) is 27.5. The van der Waals surface area contributed by atoms with Crippen molar-refractivity contribution in [1.82, 2.24) is 10.9 Å². The lowest BCUT2D eigenvalue weighted by Gasteiger charge is -2.13. The van der Waals surface area contributed by atoms with Gasteiger partial charge in [0.15, 0.2) is 10.2 Å². The number of nitrogens with one attached hydrogen (secondary N) is 2.